The minimum Gasteiger partial charge on any atom is -0.497 e. The average molecular weight is 1590 g/mol. The second-order valence-electron chi connectivity index (χ2n) is 37.9. The standard InChI is InChI=1S/C116H151NO2/c1-8-13-18-23-28-33-38-43-48-53-58-83-71-93-95-73-84(59-54-49-44-39-34-29-24-19-14-9-2)75-97-99-77-86(61-56-51-46-41-36-31-26-21-16-11-4)79-101-103-81-90(117(88-63-67-91(118-6)68-64-88)89-65-69-92(119-7)70-66-89)82-104-102-80-87(62-57-52-47-42-37-32-27-22-17-12-5)78-100-98-76-85(60-55-50-45-40-35-30-25-20-15-10-3)74-96-94(72-83)105(93)111-112(106(95)97)114(108(99)101)116(110(103)104)115(109(100)102)113(111)107(96)98/h63-82H,8-62H2,1-7H3. The molecule has 0 aliphatic heterocycles. The van der Waals surface area contributed by atoms with Crippen LogP contribution in [-0.2, 0) is 32.1 Å². The van der Waals surface area contributed by atoms with Crippen LogP contribution in [0, 0.1) is 0 Å². The first-order chi connectivity index (χ1) is 58.9. The van der Waals surface area contributed by atoms with E-state index in [1.54, 1.807) is 25.2 Å². The minimum absolute atomic E-state index is 0.863. The topological polar surface area (TPSA) is 21.7 Å². The van der Waals surface area contributed by atoms with Crippen LogP contribution in [0.25, 0.3) is 129 Å². The van der Waals surface area contributed by atoms with E-state index in [4.69, 9.17) is 9.47 Å². The van der Waals surface area contributed by atoms with Gasteiger partial charge in [0.15, 0.2) is 0 Å². The van der Waals surface area contributed by atoms with Crippen LogP contribution in [0.3, 0.4) is 0 Å². The number of unbranched alkanes of at least 4 members (excludes halogenated alkanes) is 45. The summed E-state index contributed by atoms with van der Waals surface area (Å²) in [6.07, 6.45) is 72.9. The van der Waals surface area contributed by atoms with E-state index in [9.17, 15) is 0 Å². The maximum absolute atomic E-state index is 5.95. The number of rotatable bonds is 60. The van der Waals surface area contributed by atoms with Crippen molar-refractivity contribution in [1.29, 1.82) is 0 Å². The zero-order valence-electron chi connectivity index (χ0n) is 75.7. The van der Waals surface area contributed by atoms with Crippen molar-refractivity contribution in [1.82, 2.24) is 0 Å². The molecule has 0 amide bonds. The zero-order chi connectivity index (χ0) is 81.7. The normalized spacial score (nSPS) is 12.5. The Hall–Kier alpha value is -7.62. The summed E-state index contributed by atoms with van der Waals surface area (Å²) in [5.41, 5.74) is 11.0. The number of benzene rings is 15. The Bertz CT molecular complexity index is 5220. The summed E-state index contributed by atoms with van der Waals surface area (Å²) in [5.74, 6) is 1.73. The van der Waals surface area contributed by atoms with Crippen LogP contribution in [0.15, 0.2) is 121 Å². The van der Waals surface area contributed by atoms with Crippen molar-refractivity contribution in [2.45, 2.75) is 388 Å². The van der Waals surface area contributed by atoms with Crippen molar-refractivity contribution in [3.63, 3.8) is 0 Å². The summed E-state index contributed by atoms with van der Waals surface area (Å²) in [6, 6.07) is 50.9. The van der Waals surface area contributed by atoms with E-state index in [1.807, 2.05) is 0 Å². The highest BCUT2D eigenvalue weighted by Gasteiger charge is 2.34. The molecule has 0 spiro atoms. The van der Waals surface area contributed by atoms with Crippen LogP contribution in [-0.4, -0.2) is 14.2 Å². The molecule has 0 saturated heterocycles. The molecule has 0 N–H and O–H groups in total. The molecule has 119 heavy (non-hydrogen) atoms. The van der Waals surface area contributed by atoms with Gasteiger partial charge < -0.3 is 14.4 Å². The summed E-state index contributed by atoms with van der Waals surface area (Å²) in [6.45, 7) is 11.7. The highest BCUT2D eigenvalue weighted by Crippen LogP contribution is 2.62. The predicted octanol–water partition coefficient (Wildman–Crippen LogP) is 38.0. The zero-order valence-corrected chi connectivity index (χ0v) is 75.7. The lowest BCUT2D eigenvalue weighted by atomic mass is 9.72. The van der Waals surface area contributed by atoms with Crippen molar-refractivity contribution in [2.75, 3.05) is 19.1 Å². The number of ether oxygens (including phenoxy) is 2. The first-order valence-corrected chi connectivity index (χ1v) is 50.3. The van der Waals surface area contributed by atoms with Crippen LogP contribution < -0.4 is 14.4 Å². The lowest BCUT2D eigenvalue weighted by Gasteiger charge is -2.31. The van der Waals surface area contributed by atoms with E-state index < -0.39 is 0 Å². The molecule has 0 atom stereocenters. The number of hydrogen-bond acceptors (Lipinski definition) is 3. The van der Waals surface area contributed by atoms with E-state index in [-0.39, 0.29) is 0 Å². The number of hydrogen-bond donors (Lipinski definition) is 0. The summed E-state index contributed by atoms with van der Waals surface area (Å²) < 4.78 is 11.9. The van der Waals surface area contributed by atoms with Crippen LogP contribution in [0.5, 0.6) is 11.5 Å². The summed E-state index contributed by atoms with van der Waals surface area (Å²) >= 11 is 0. The van der Waals surface area contributed by atoms with Crippen LogP contribution in [0.1, 0.15) is 383 Å². The van der Waals surface area contributed by atoms with Crippen LogP contribution in [0.4, 0.5) is 17.1 Å². The third kappa shape index (κ3) is 19.7. The Balaban J connectivity index is 0.990. The number of aryl methyl sites for hydroxylation is 5. The molecular weight excluding hydrogens is 1440 g/mol. The average Bonchev–Trinajstić information content (AvgIpc) is 0.641. The van der Waals surface area contributed by atoms with Gasteiger partial charge in [0, 0.05) is 17.1 Å². The summed E-state index contributed by atoms with van der Waals surface area (Å²) in [5, 5.41) is 35.9. The van der Waals surface area contributed by atoms with E-state index >= 15 is 0 Å². The van der Waals surface area contributed by atoms with E-state index in [1.165, 1.54) is 473 Å². The molecule has 632 valence electrons. The SMILES string of the molecule is CCCCCCCCCCCCc1cc2c3cc(CCCCCCCCCCCC)cc4c5cc(CCCCCCCCCCCC)cc6c7cc(N(c8ccc(OC)cc8)c8ccc(OC)cc8)cc8c9cc(CCCCCCCCCCCC)cc%10c%11cc(CCCCCCCCCCCC)cc%12c(c1)c2c1c(c34)c(c56)c(c78)c(c%109)c1c%12%11. The molecule has 0 aliphatic rings. The first kappa shape index (κ1) is 86.3. The van der Waals surface area contributed by atoms with E-state index in [2.05, 4.69) is 161 Å². The Morgan fingerprint density at radius 1 is 0.168 bits per heavy atom. The van der Waals surface area contributed by atoms with Gasteiger partial charge in [-0.1, -0.05) is 384 Å². The molecule has 3 heteroatoms. The second-order valence-corrected chi connectivity index (χ2v) is 37.9. The minimum atomic E-state index is 0.863. The van der Waals surface area contributed by atoms with Crippen molar-refractivity contribution >= 4 is 146 Å². The molecule has 15 aromatic rings. The van der Waals surface area contributed by atoms with Gasteiger partial charge in [0.25, 0.3) is 0 Å². The highest BCUT2D eigenvalue weighted by molar-refractivity contribution is 6.61. The largest absolute Gasteiger partial charge is 0.497 e. The number of nitrogens with zero attached hydrogens (tertiary/aromatic N) is 1. The maximum Gasteiger partial charge on any atom is 0.119 e. The Morgan fingerprint density at radius 3 is 0.479 bits per heavy atom. The third-order valence-electron chi connectivity index (χ3n) is 28.9. The van der Waals surface area contributed by atoms with Gasteiger partial charge in [-0.05, 0) is 282 Å². The van der Waals surface area contributed by atoms with Gasteiger partial charge in [0.2, 0.25) is 0 Å². The Labute approximate surface area is 718 Å². The van der Waals surface area contributed by atoms with Crippen molar-refractivity contribution in [2.24, 2.45) is 0 Å². The highest BCUT2D eigenvalue weighted by atomic mass is 16.5. The third-order valence-corrected chi connectivity index (χ3v) is 28.9. The van der Waals surface area contributed by atoms with Gasteiger partial charge in [-0.15, -0.1) is 0 Å². The van der Waals surface area contributed by atoms with Crippen molar-refractivity contribution in [3.8, 4) is 11.5 Å². The maximum atomic E-state index is 5.95. The predicted molar refractivity (Wildman–Crippen MR) is 529 cm³/mol. The van der Waals surface area contributed by atoms with Gasteiger partial charge in [0.05, 0.1) is 14.2 Å². The molecule has 0 fully saturated rings. The summed E-state index contributed by atoms with van der Waals surface area (Å²) in [7, 11) is 3.59. The molecule has 0 aliphatic carbocycles. The quantitative estimate of drug-likeness (QED) is 0.0215. The number of anilines is 3. The fourth-order valence-electron chi connectivity index (χ4n) is 22.4. The Morgan fingerprint density at radius 2 is 0.319 bits per heavy atom. The molecule has 15 rings (SSSR count). The van der Waals surface area contributed by atoms with Gasteiger partial charge in [-0.2, -0.15) is 0 Å². The monoisotopic (exact) mass is 1590 g/mol. The van der Waals surface area contributed by atoms with Crippen LogP contribution in [0.2, 0.25) is 0 Å². The van der Waals surface area contributed by atoms with Gasteiger partial charge in [-0.3, -0.25) is 0 Å². The first-order valence-electron chi connectivity index (χ1n) is 50.3. The molecule has 0 saturated carbocycles. The van der Waals surface area contributed by atoms with Gasteiger partial charge in [-0.25, -0.2) is 0 Å². The fourth-order valence-corrected chi connectivity index (χ4v) is 22.4. The fraction of sp³-hybridized carbons (Fsp3) is 0.534. The number of methoxy groups -OCH3 is 2. The van der Waals surface area contributed by atoms with Gasteiger partial charge >= 0.3 is 0 Å². The molecule has 0 heterocycles. The van der Waals surface area contributed by atoms with Gasteiger partial charge in [0.1, 0.15) is 11.5 Å². The lowest BCUT2D eigenvalue weighted by molar-refractivity contribution is 0.415. The van der Waals surface area contributed by atoms with Crippen molar-refractivity contribution in [3.05, 3.63) is 149 Å². The molecule has 0 aromatic heterocycles. The molecule has 0 bridgehead atoms. The smallest absolute Gasteiger partial charge is 0.119 e. The van der Waals surface area contributed by atoms with E-state index in [0.29, 0.717) is 0 Å². The molecular formula is C116H151NO2. The lowest BCUT2D eigenvalue weighted by Crippen LogP contribution is -2.10. The molecule has 0 unspecified atom stereocenters. The molecule has 15 aromatic carbocycles. The molecule has 3 nitrogen and oxygen atoms in total. The second kappa shape index (κ2) is 43.4. The Kier molecular flexibility index (Phi) is 31.5. The number of fused-ring (bicyclic) bond motifs is 6. The van der Waals surface area contributed by atoms with Crippen LogP contribution >= 0.6 is 0 Å². The molecule has 0 radical (unpaired) electrons. The van der Waals surface area contributed by atoms with Crippen molar-refractivity contribution < 1.29 is 9.47 Å². The van der Waals surface area contributed by atoms with E-state index in [0.717, 1.165) is 55.0 Å². The summed E-state index contributed by atoms with van der Waals surface area (Å²) in [4.78, 5) is 2.55.